The van der Waals surface area contributed by atoms with Crippen molar-refractivity contribution in [3.05, 3.63) is 28.3 Å². The van der Waals surface area contributed by atoms with Gasteiger partial charge in [0, 0.05) is 9.92 Å². The summed E-state index contributed by atoms with van der Waals surface area (Å²) in [5, 5.41) is 0.148. The highest BCUT2D eigenvalue weighted by molar-refractivity contribution is 7.98. The zero-order chi connectivity index (χ0) is 10.9. The molecule has 5 heteroatoms. The summed E-state index contributed by atoms with van der Waals surface area (Å²) in [6, 6.07) is 2.43. The van der Waals surface area contributed by atoms with Crippen LogP contribution in [0.4, 0.5) is 13.2 Å². The minimum absolute atomic E-state index is 0.148. The van der Waals surface area contributed by atoms with Gasteiger partial charge in [0.2, 0.25) is 0 Å². The third-order valence-corrected chi connectivity index (χ3v) is 2.97. The second-order valence-electron chi connectivity index (χ2n) is 2.80. The average Bonchev–Trinajstić information content (AvgIpc) is 2.07. The van der Waals surface area contributed by atoms with E-state index in [1.165, 1.54) is 6.07 Å². The van der Waals surface area contributed by atoms with Crippen molar-refractivity contribution in [2.75, 3.05) is 6.26 Å². The van der Waals surface area contributed by atoms with Gasteiger partial charge in [0.1, 0.15) is 0 Å². The van der Waals surface area contributed by atoms with Crippen LogP contribution in [0.25, 0.3) is 0 Å². The molecule has 0 aliphatic heterocycles. The third kappa shape index (κ3) is 2.36. The lowest BCUT2D eigenvalue weighted by atomic mass is 10.1. The quantitative estimate of drug-likeness (QED) is 0.656. The first-order valence-corrected chi connectivity index (χ1v) is 5.38. The average molecular weight is 241 g/mol. The largest absolute Gasteiger partial charge is 0.417 e. The van der Waals surface area contributed by atoms with Crippen LogP contribution in [0.15, 0.2) is 17.0 Å². The van der Waals surface area contributed by atoms with Crippen LogP contribution in [0.2, 0.25) is 5.02 Å². The Hall–Kier alpha value is -0.350. The van der Waals surface area contributed by atoms with Crippen LogP contribution in [-0.4, -0.2) is 6.26 Å². The Morgan fingerprint density at radius 2 is 1.86 bits per heavy atom. The van der Waals surface area contributed by atoms with Crippen LogP contribution in [0.1, 0.15) is 11.1 Å². The van der Waals surface area contributed by atoms with Crippen LogP contribution >= 0.6 is 23.4 Å². The Labute approximate surface area is 89.4 Å². The van der Waals surface area contributed by atoms with E-state index in [2.05, 4.69) is 0 Å². The van der Waals surface area contributed by atoms with Gasteiger partial charge in [0.15, 0.2) is 0 Å². The van der Waals surface area contributed by atoms with Crippen molar-refractivity contribution in [2.45, 2.75) is 18.0 Å². The second kappa shape index (κ2) is 4.03. The van der Waals surface area contributed by atoms with Gasteiger partial charge in [-0.1, -0.05) is 11.6 Å². The van der Waals surface area contributed by atoms with Crippen LogP contribution < -0.4 is 0 Å². The molecular formula is C9H8ClF3S. The lowest BCUT2D eigenvalue weighted by Gasteiger charge is -2.12. The van der Waals surface area contributed by atoms with Gasteiger partial charge in [-0.2, -0.15) is 13.2 Å². The molecule has 78 valence electrons. The summed E-state index contributed by atoms with van der Waals surface area (Å²) < 4.78 is 37.4. The summed E-state index contributed by atoms with van der Waals surface area (Å²) in [6.07, 6.45) is -2.73. The number of rotatable bonds is 1. The van der Waals surface area contributed by atoms with Crippen molar-refractivity contribution >= 4 is 23.4 Å². The number of hydrogen-bond donors (Lipinski definition) is 0. The molecular weight excluding hydrogens is 233 g/mol. The minimum atomic E-state index is -4.34. The van der Waals surface area contributed by atoms with Gasteiger partial charge in [0.05, 0.1) is 5.56 Å². The molecule has 14 heavy (non-hydrogen) atoms. The second-order valence-corrected chi connectivity index (χ2v) is 4.05. The fourth-order valence-electron chi connectivity index (χ4n) is 1.05. The van der Waals surface area contributed by atoms with Crippen LogP contribution in [0.5, 0.6) is 0 Å². The molecule has 0 radical (unpaired) electrons. The van der Waals surface area contributed by atoms with Gasteiger partial charge < -0.3 is 0 Å². The Bertz CT molecular complexity index is 347. The molecule has 0 nitrogen and oxygen atoms in total. The van der Waals surface area contributed by atoms with Gasteiger partial charge in [-0.3, -0.25) is 0 Å². The summed E-state index contributed by atoms with van der Waals surface area (Å²) in [5.74, 6) is 0. The number of alkyl halides is 3. The van der Waals surface area contributed by atoms with Crippen molar-refractivity contribution in [1.29, 1.82) is 0 Å². The lowest BCUT2D eigenvalue weighted by molar-refractivity contribution is -0.139. The molecule has 0 aliphatic rings. The number of aryl methyl sites for hydroxylation is 1. The fraction of sp³-hybridized carbons (Fsp3) is 0.333. The molecule has 0 N–H and O–H groups in total. The topological polar surface area (TPSA) is 0 Å². The lowest BCUT2D eigenvalue weighted by Crippen LogP contribution is -2.07. The standard InChI is InChI=1S/C9H8ClF3S/c1-5-3-8(14-2)6(4-7(5)10)9(11,12)13/h3-4H,1-2H3. The summed E-state index contributed by atoms with van der Waals surface area (Å²) in [5.41, 5.74) is -0.00961. The van der Waals surface area contributed by atoms with Crippen molar-refractivity contribution in [3.8, 4) is 0 Å². The highest BCUT2D eigenvalue weighted by Gasteiger charge is 2.33. The van der Waals surface area contributed by atoms with Crippen LogP contribution in [0.3, 0.4) is 0 Å². The first-order chi connectivity index (χ1) is 6.36. The predicted octanol–water partition coefficient (Wildman–Crippen LogP) is 4.39. The molecule has 1 aromatic carbocycles. The van der Waals surface area contributed by atoms with Crippen LogP contribution in [-0.2, 0) is 6.18 Å². The molecule has 0 unspecified atom stereocenters. The van der Waals surface area contributed by atoms with Crippen molar-refractivity contribution in [1.82, 2.24) is 0 Å². The SMILES string of the molecule is CSc1cc(C)c(Cl)cc1C(F)(F)F. The molecule has 0 saturated carbocycles. The molecule has 0 heterocycles. The van der Waals surface area contributed by atoms with E-state index in [1.807, 2.05) is 0 Å². The molecule has 0 fully saturated rings. The minimum Gasteiger partial charge on any atom is -0.166 e. The molecule has 0 aliphatic carbocycles. The molecule has 1 aromatic rings. The summed E-state index contributed by atoms with van der Waals surface area (Å²) >= 11 is 6.71. The zero-order valence-corrected chi connectivity index (χ0v) is 9.15. The molecule has 1 rings (SSSR count). The Morgan fingerprint density at radius 1 is 1.29 bits per heavy atom. The first kappa shape index (κ1) is 11.7. The van der Waals surface area contributed by atoms with Gasteiger partial charge in [-0.05, 0) is 30.9 Å². The maximum Gasteiger partial charge on any atom is 0.417 e. The molecule has 0 bridgehead atoms. The Kier molecular flexibility index (Phi) is 3.37. The summed E-state index contributed by atoms with van der Waals surface area (Å²) in [6.45, 7) is 1.68. The summed E-state index contributed by atoms with van der Waals surface area (Å²) in [4.78, 5) is 0.208. The summed E-state index contributed by atoms with van der Waals surface area (Å²) in [7, 11) is 0. The van der Waals surface area contributed by atoms with Gasteiger partial charge in [-0.25, -0.2) is 0 Å². The normalized spacial score (nSPS) is 11.9. The Balaban J connectivity index is 3.35. The van der Waals surface area contributed by atoms with E-state index in [-0.39, 0.29) is 9.92 Å². The zero-order valence-electron chi connectivity index (χ0n) is 7.57. The highest BCUT2D eigenvalue weighted by Crippen LogP contribution is 2.38. The maximum absolute atomic E-state index is 12.5. The van der Waals surface area contributed by atoms with E-state index in [0.717, 1.165) is 17.8 Å². The van der Waals surface area contributed by atoms with Gasteiger partial charge in [0.25, 0.3) is 0 Å². The van der Waals surface area contributed by atoms with E-state index in [4.69, 9.17) is 11.6 Å². The monoisotopic (exact) mass is 240 g/mol. The van der Waals surface area contributed by atoms with E-state index >= 15 is 0 Å². The highest BCUT2D eigenvalue weighted by atomic mass is 35.5. The van der Waals surface area contributed by atoms with Crippen molar-refractivity contribution in [3.63, 3.8) is 0 Å². The third-order valence-electron chi connectivity index (χ3n) is 1.79. The van der Waals surface area contributed by atoms with Gasteiger partial charge >= 0.3 is 6.18 Å². The van der Waals surface area contributed by atoms with Crippen molar-refractivity contribution in [2.24, 2.45) is 0 Å². The smallest absolute Gasteiger partial charge is 0.166 e. The Morgan fingerprint density at radius 3 is 2.29 bits per heavy atom. The molecule has 0 amide bonds. The molecule has 0 spiro atoms. The van der Waals surface area contributed by atoms with E-state index in [9.17, 15) is 13.2 Å². The predicted molar refractivity (Wildman–Crippen MR) is 53.0 cm³/mol. The number of hydrogen-bond acceptors (Lipinski definition) is 1. The van der Waals surface area contributed by atoms with Gasteiger partial charge in [-0.15, -0.1) is 11.8 Å². The van der Waals surface area contributed by atoms with E-state index in [0.29, 0.717) is 5.56 Å². The molecule has 0 saturated heterocycles. The van der Waals surface area contributed by atoms with Crippen LogP contribution in [0, 0.1) is 6.92 Å². The van der Waals surface area contributed by atoms with Crippen molar-refractivity contribution < 1.29 is 13.2 Å². The molecule has 0 atom stereocenters. The van der Waals surface area contributed by atoms with E-state index in [1.54, 1.807) is 13.2 Å². The fourth-order valence-corrected chi connectivity index (χ4v) is 1.90. The number of benzene rings is 1. The first-order valence-electron chi connectivity index (χ1n) is 3.77. The molecule has 0 aromatic heterocycles. The number of halogens is 4. The van der Waals surface area contributed by atoms with E-state index < -0.39 is 11.7 Å². The maximum atomic E-state index is 12.5. The number of thioether (sulfide) groups is 1.